The van der Waals surface area contributed by atoms with Crippen molar-refractivity contribution in [1.82, 2.24) is 14.8 Å². The number of nitriles is 1. The first-order valence-corrected chi connectivity index (χ1v) is 13.7. The predicted octanol–water partition coefficient (Wildman–Crippen LogP) is 4.35. The van der Waals surface area contributed by atoms with Gasteiger partial charge in [0.25, 0.3) is 0 Å². The Morgan fingerprint density at radius 1 is 1.21 bits per heavy atom. The number of likely N-dealkylation sites (tertiary alicyclic amines) is 1. The third-order valence-electron chi connectivity index (χ3n) is 7.67. The van der Waals surface area contributed by atoms with E-state index in [1.54, 1.807) is 24.2 Å². The molecule has 5 rings (SSSR count). The lowest BCUT2D eigenvalue weighted by atomic mass is 9.70. The number of carbonyl (C=O) groups is 2. The summed E-state index contributed by atoms with van der Waals surface area (Å²) in [5.41, 5.74) is 8.51. The molecule has 2 atom stereocenters. The average molecular weight is 543 g/mol. The van der Waals surface area contributed by atoms with Crippen molar-refractivity contribution >= 4 is 29.3 Å². The first kappa shape index (κ1) is 26.4. The monoisotopic (exact) mass is 542 g/mol. The molecule has 1 aromatic carbocycles. The minimum Gasteiger partial charge on any atom is -0.445 e. The molecule has 2 aromatic heterocycles. The van der Waals surface area contributed by atoms with Gasteiger partial charge in [0, 0.05) is 43.0 Å². The second-order valence-electron chi connectivity index (χ2n) is 10.1. The van der Waals surface area contributed by atoms with Crippen LogP contribution in [0.2, 0.25) is 0 Å². The van der Waals surface area contributed by atoms with Gasteiger partial charge in [0.05, 0.1) is 11.5 Å². The van der Waals surface area contributed by atoms with E-state index in [0.29, 0.717) is 31.5 Å². The quantitative estimate of drug-likeness (QED) is 0.511. The van der Waals surface area contributed by atoms with E-state index in [1.165, 1.54) is 22.4 Å². The van der Waals surface area contributed by atoms with E-state index in [4.69, 9.17) is 15.5 Å². The van der Waals surface area contributed by atoms with Gasteiger partial charge in [0.1, 0.15) is 18.2 Å². The molecule has 0 aliphatic carbocycles. The van der Waals surface area contributed by atoms with Gasteiger partial charge in [0.2, 0.25) is 5.91 Å². The number of amides is 2. The summed E-state index contributed by atoms with van der Waals surface area (Å²) in [4.78, 5) is 39.5. The first-order valence-electron chi connectivity index (χ1n) is 12.8. The summed E-state index contributed by atoms with van der Waals surface area (Å²) in [6.45, 7) is 3.20. The van der Waals surface area contributed by atoms with Crippen LogP contribution in [0.4, 0.5) is 4.79 Å². The Morgan fingerprint density at radius 3 is 2.67 bits per heavy atom. The molecule has 0 saturated carbocycles. The van der Waals surface area contributed by atoms with Gasteiger partial charge in [0.15, 0.2) is 5.96 Å². The number of guanidine groups is 1. The van der Waals surface area contributed by atoms with Crippen LogP contribution in [0.25, 0.3) is 11.1 Å². The number of benzene rings is 1. The fourth-order valence-corrected chi connectivity index (χ4v) is 6.52. The summed E-state index contributed by atoms with van der Waals surface area (Å²) in [6, 6.07) is 15.5. The molecule has 39 heavy (non-hydrogen) atoms. The van der Waals surface area contributed by atoms with Crippen LogP contribution in [-0.4, -0.2) is 52.9 Å². The van der Waals surface area contributed by atoms with Gasteiger partial charge in [-0.3, -0.25) is 14.7 Å². The number of thiophene rings is 1. The summed E-state index contributed by atoms with van der Waals surface area (Å²) in [6.07, 6.45) is 4.21. The highest BCUT2D eigenvalue weighted by molar-refractivity contribution is 7.10. The molecule has 1 saturated heterocycles. The number of aromatic nitrogens is 1. The van der Waals surface area contributed by atoms with Crippen molar-refractivity contribution in [1.29, 1.82) is 5.26 Å². The minimum atomic E-state index is -0.864. The number of nitrogens with zero attached hydrogens (tertiary/aromatic N) is 5. The number of ether oxygens (including phenoxy) is 1. The van der Waals surface area contributed by atoms with Crippen LogP contribution in [0.5, 0.6) is 0 Å². The zero-order valence-corrected chi connectivity index (χ0v) is 22.7. The minimum absolute atomic E-state index is 0.00843. The SMILES string of the molecule is CN1C(=O)[C@H](C2CCN(C(=O)OCc3ccccc3)CC2)[C@@](C)(c2cc(-c3cncc(C#N)c3)cs2)N=C1N. The van der Waals surface area contributed by atoms with E-state index >= 15 is 0 Å². The highest BCUT2D eigenvalue weighted by Gasteiger charge is 2.51. The molecule has 200 valence electrons. The van der Waals surface area contributed by atoms with E-state index in [-0.39, 0.29) is 30.5 Å². The first-order chi connectivity index (χ1) is 18.8. The maximum absolute atomic E-state index is 13.7. The lowest BCUT2D eigenvalue weighted by Gasteiger charge is -2.45. The average Bonchev–Trinajstić information content (AvgIpc) is 3.47. The van der Waals surface area contributed by atoms with Crippen molar-refractivity contribution in [2.75, 3.05) is 20.1 Å². The number of carbonyl (C=O) groups excluding carboxylic acids is 2. The number of piperidine rings is 1. The van der Waals surface area contributed by atoms with E-state index in [2.05, 4.69) is 11.1 Å². The van der Waals surface area contributed by atoms with Crippen molar-refractivity contribution in [2.45, 2.75) is 31.9 Å². The fourth-order valence-electron chi connectivity index (χ4n) is 5.45. The Kier molecular flexibility index (Phi) is 7.35. The number of aliphatic imine (C=N–C) groups is 1. The van der Waals surface area contributed by atoms with Gasteiger partial charge in [-0.25, -0.2) is 9.79 Å². The molecular formula is C29H30N6O3S. The van der Waals surface area contributed by atoms with Gasteiger partial charge in [-0.05, 0) is 54.3 Å². The van der Waals surface area contributed by atoms with Gasteiger partial charge in [-0.15, -0.1) is 11.3 Å². The van der Waals surface area contributed by atoms with E-state index in [1.807, 2.05) is 48.7 Å². The lowest BCUT2D eigenvalue weighted by molar-refractivity contribution is -0.137. The predicted molar refractivity (Wildman–Crippen MR) is 148 cm³/mol. The second kappa shape index (κ2) is 10.9. The Labute approximate surface area is 231 Å². The van der Waals surface area contributed by atoms with Gasteiger partial charge in [-0.2, -0.15) is 5.26 Å². The Bertz CT molecular complexity index is 1440. The molecule has 1 fully saturated rings. The standard InChI is InChI=1S/C29H30N6O3S/c1-29(24-13-23(18-39-24)22-12-20(14-30)15-32-16-22)25(26(36)34(2)27(31)33-29)21-8-10-35(11-9-21)28(37)38-17-19-6-4-3-5-7-19/h3-7,12-13,15-16,18,21,25H,8-11,17H2,1-2H3,(H2,31,33)/t25-,29+/m0/s1. The molecule has 0 bridgehead atoms. The van der Waals surface area contributed by atoms with Crippen molar-refractivity contribution < 1.29 is 14.3 Å². The zero-order chi connectivity index (χ0) is 27.6. The zero-order valence-electron chi connectivity index (χ0n) is 21.9. The third-order valence-corrected chi connectivity index (χ3v) is 8.82. The van der Waals surface area contributed by atoms with Gasteiger partial charge in [-0.1, -0.05) is 30.3 Å². The second-order valence-corrected chi connectivity index (χ2v) is 11.0. The maximum Gasteiger partial charge on any atom is 0.410 e. The summed E-state index contributed by atoms with van der Waals surface area (Å²) in [5, 5.41) is 11.3. The Balaban J connectivity index is 1.34. The molecule has 2 aliphatic heterocycles. The summed E-state index contributed by atoms with van der Waals surface area (Å²) in [7, 11) is 1.66. The van der Waals surface area contributed by atoms with E-state index in [9.17, 15) is 14.9 Å². The number of hydrogen-bond acceptors (Lipinski definition) is 8. The smallest absolute Gasteiger partial charge is 0.410 e. The van der Waals surface area contributed by atoms with Crippen LogP contribution in [0.1, 0.15) is 35.8 Å². The molecule has 2 N–H and O–H groups in total. The maximum atomic E-state index is 13.7. The molecule has 2 amide bonds. The number of rotatable bonds is 5. The number of nitrogens with two attached hydrogens (primary N) is 1. The summed E-state index contributed by atoms with van der Waals surface area (Å²) >= 11 is 1.52. The topological polar surface area (TPSA) is 125 Å². The lowest BCUT2D eigenvalue weighted by Crippen LogP contribution is -2.57. The molecule has 0 spiro atoms. The molecular weight excluding hydrogens is 512 g/mol. The van der Waals surface area contributed by atoms with Crippen LogP contribution in [0.3, 0.4) is 0 Å². The van der Waals surface area contributed by atoms with Crippen molar-refractivity contribution in [3.63, 3.8) is 0 Å². The Morgan fingerprint density at radius 2 is 1.95 bits per heavy atom. The highest BCUT2D eigenvalue weighted by Crippen LogP contribution is 2.47. The molecule has 0 radical (unpaired) electrons. The number of pyridine rings is 1. The van der Waals surface area contributed by atoms with Crippen molar-refractivity contribution in [3.8, 4) is 17.2 Å². The number of hydrogen-bond donors (Lipinski definition) is 1. The van der Waals surface area contributed by atoms with E-state index < -0.39 is 11.5 Å². The molecule has 0 unspecified atom stereocenters. The molecule has 2 aliphatic rings. The molecule has 4 heterocycles. The molecule has 3 aromatic rings. The third kappa shape index (κ3) is 5.22. The molecule has 9 nitrogen and oxygen atoms in total. The van der Waals surface area contributed by atoms with Gasteiger partial charge < -0.3 is 15.4 Å². The molecule has 10 heteroatoms. The van der Waals surface area contributed by atoms with Crippen LogP contribution in [-0.2, 0) is 21.7 Å². The van der Waals surface area contributed by atoms with E-state index in [0.717, 1.165) is 21.6 Å². The van der Waals surface area contributed by atoms with Gasteiger partial charge >= 0.3 is 6.09 Å². The van der Waals surface area contributed by atoms with Crippen molar-refractivity contribution in [3.05, 3.63) is 76.2 Å². The fraction of sp³-hybridized carbons (Fsp3) is 0.345. The summed E-state index contributed by atoms with van der Waals surface area (Å²) in [5.74, 6) is -0.316. The highest BCUT2D eigenvalue weighted by atomic mass is 32.1. The Hall–Kier alpha value is -4.23. The van der Waals surface area contributed by atoms with Crippen LogP contribution in [0, 0.1) is 23.2 Å². The normalized spacial score (nSPS) is 21.8. The van der Waals surface area contributed by atoms with Crippen LogP contribution >= 0.6 is 11.3 Å². The van der Waals surface area contributed by atoms with Crippen LogP contribution < -0.4 is 5.73 Å². The summed E-state index contributed by atoms with van der Waals surface area (Å²) < 4.78 is 5.52. The largest absolute Gasteiger partial charge is 0.445 e. The van der Waals surface area contributed by atoms with Crippen LogP contribution in [0.15, 0.2) is 65.2 Å². The van der Waals surface area contributed by atoms with Crippen molar-refractivity contribution in [2.24, 2.45) is 22.6 Å².